The van der Waals surface area contributed by atoms with Crippen molar-refractivity contribution in [1.82, 2.24) is 4.72 Å². The van der Waals surface area contributed by atoms with Crippen molar-refractivity contribution in [3.63, 3.8) is 0 Å². The lowest BCUT2D eigenvalue weighted by Crippen LogP contribution is -2.38. The predicted molar refractivity (Wildman–Crippen MR) is 51.2 cm³/mol. The van der Waals surface area contributed by atoms with Gasteiger partial charge < -0.3 is 5.11 Å². The van der Waals surface area contributed by atoms with E-state index in [0.717, 1.165) is 6.42 Å². The molecule has 4 N–H and O–H groups in total. The fourth-order valence-corrected chi connectivity index (χ4v) is 1.53. The summed E-state index contributed by atoms with van der Waals surface area (Å²) in [4.78, 5) is 0. The topological polar surface area (TPSA) is 92.4 Å². The summed E-state index contributed by atoms with van der Waals surface area (Å²) in [5.41, 5.74) is -0.171. The zero-order valence-electron chi connectivity index (χ0n) is 8.08. The van der Waals surface area contributed by atoms with Gasteiger partial charge in [-0.25, -0.2) is 9.86 Å². The van der Waals surface area contributed by atoms with Crippen molar-refractivity contribution < 1.29 is 13.5 Å². The van der Waals surface area contributed by atoms with Gasteiger partial charge in [0.15, 0.2) is 0 Å². The van der Waals surface area contributed by atoms with Crippen LogP contribution in [0.3, 0.4) is 0 Å². The van der Waals surface area contributed by atoms with E-state index in [0.29, 0.717) is 13.0 Å². The summed E-state index contributed by atoms with van der Waals surface area (Å²) in [6, 6.07) is 0. The van der Waals surface area contributed by atoms with Crippen LogP contribution in [0.2, 0.25) is 0 Å². The Morgan fingerprint density at radius 2 is 2.00 bits per heavy atom. The first-order valence-electron chi connectivity index (χ1n) is 4.15. The first-order valence-corrected chi connectivity index (χ1v) is 5.70. The van der Waals surface area contributed by atoms with E-state index in [1.807, 2.05) is 13.8 Å². The van der Waals surface area contributed by atoms with Crippen LogP contribution in [-0.4, -0.2) is 26.7 Å². The number of aliphatic hydroxyl groups is 1. The van der Waals surface area contributed by atoms with Crippen LogP contribution in [0.1, 0.15) is 26.7 Å². The molecule has 0 atom stereocenters. The summed E-state index contributed by atoms with van der Waals surface area (Å²) >= 11 is 0. The molecule has 0 aliphatic carbocycles. The van der Waals surface area contributed by atoms with Crippen LogP contribution in [0.5, 0.6) is 0 Å². The second-order valence-corrected chi connectivity index (χ2v) is 5.24. The summed E-state index contributed by atoms with van der Waals surface area (Å²) in [6.07, 6.45) is 1.42. The van der Waals surface area contributed by atoms with Crippen LogP contribution in [0.4, 0.5) is 0 Å². The zero-order chi connectivity index (χ0) is 10.5. The van der Waals surface area contributed by atoms with E-state index < -0.39 is 10.2 Å². The van der Waals surface area contributed by atoms with Gasteiger partial charge in [0, 0.05) is 13.2 Å². The van der Waals surface area contributed by atoms with Crippen molar-refractivity contribution in [1.29, 1.82) is 0 Å². The van der Waals surface area contributed by atoms with Crippen LogP contribution >= 0.6 is 0 Å². The Labute approximate surface area is 79.5 Å². The number of aliphatic hydroxyl groups excluding tert-OH is 1. The lowest BCUT2D eigenvalue weighted by Gasteiger charge is -2.23. The van der Waals surface area contributed by atoms with E-state index in [1.54, 1.807) is 0 Å². The van der Waals surface area contributed by atoms with E-state index in [2.05, 4.69) is 4.72 Å². The lowest BCUT2D eigenvalue weighted by atomic mass is 9.88. The highest BCUT2D eigenvalue weighted by atomic mass is 32.2. The van der Waals surface area contributed by atoms with Crippen molar-refractivity contribution in [2.24, 2.45) is 10.6 Å². The third kappa shape index (κ3) is 8.17. The first kappa shape index (κ1) is 12.8. The maximum Gasteiger partial charge on any atom is 0.274 e. The molecule has 0 saturated carbocycles. The van der Waals surface area contributed by atoms with E-state index in [1.165, 1.54) is 0 Å². The molecule has 0 spiro atoms. The zero-order valence-corrected chi connectivity index (χ0v) is 8.89. The highest BCUT2D eigenvalue weighted by Gasteiger charge is 2.18. The van der Waals surface area contributed by atoms with Crippen LogP contribution in [-0.2, 0) is 10.2 Å². The molecular weight excluding hydrogens is 192 g/mol. The number of nitrogens with two attached hydrogens (primary N) is 1. The number of hydrogen-bond donors (Lipinski definition) is 3. The van der Waals surface area contributed by atoms with Gasteiger partial charge in [0.2, 0.25) is 0 Å². The minimum absolute atomic E-state index is 0.124. The van der Waals surface area contributed by atoms with Crippen molar-refractivity contribution >= 4 is 10.2 Å². The molecule has 0 unspecified atom stereocenters. The summed E-state index contributed by atoms with van der Waals surface area (Å²) in [6.45, 7) is 4.26. The van der Waals surface area contributed by atoms with Gasteiger partial charge in [-0.15, -0.1) is 0 Å². The maximum atomic E-state index is 10.6. The minimum atomic E-state index is -3.59. The molecule has 0 saturated heterocycles. The summed E-state index contributed by atoms with van der Waals surface area (Å²) in [5.74, 6) is 0. The molecule has 0 aromatic heterocycles. The van der Waals surface area contributed by atoms with Crippen LogP contribution in [0.15, 0.2) is 0 Å². The Morgan fingerprint density at radius 3 is 2.38 bits per heavy atom. The van der Waals surface area contributed by atoms with Gasteiger partial charge in [-0.3, -0.25) is 0 Å². The Morgan fingerprint density at radius 1 is 1.46 bits per heavy atom. The predicted octanol–water partition coefficient (Wildman–Crippen LogP) is -0.422. The van der Waals surface area contributed by atoms with Gasteiger partial charge in [-0.2, -0.15) is 8.42 Å². The quantitative estimate of drug-likeness (QED) is 0.556. The van der Waals surface area contributed by atoms with Gasteiger partial charge in [-0.05, 0) is 18.3 Å². The Balaban J connectivity index is 3.89. The van der Waals surface area contributed by atoms with Gasteiger partial charge in [0.05, 0.1) is 0 Å². The van der Waals surface area contributed by atoms with Crippen LogP contribution in [0.25, 0.3) is 0 Å². The molecule has 80 valence electrons. The fraction of sp³-hybridized carbons (Fsp3) is 1.00. The molecule has 0 radical (unpaired) electrons. The second kappa shape index (κ2) is 4.90. The van der Waals surface area contributed by atoms with Crippen molar-refractivity contribution in [3.8, 4) is 0 Å². The van der Waals surface area contributed by atoms with Crippen molar-refractivity contribution in [3.05, 3.63) is 0 Å². The fourth-order valence-electron chi connectivity index (χ4n) is 0.942. The molecule has 13 heavy (non-hydrogen) atoms. The van der Waals surface area contributed by atoms with Crippen molar-refractivity contribution in [2.75, 3.05) is 13.2 Å². The molecule has 0 bridgehead atoms. The molecular formula is C7H18N2O3S. The number of hydrogen-bond acceptors (Lipinski definition) is 3. The molecule has 0 aromatic rings. The smallest absolute Gasteiger partial charge is 0.274 e. The van der Waals surface area contributed by atoms with Crippen LogP contribution < -0.4 is 9.86 Å². The highest BCUT2D eigenvalue weighted by molar-refractivity contribution is 7.87. The molecule has 0 aromatic carbocycles. The minimum Gasteiger partial charge on any atom is -0.396 e. The third-order valence-corrected chi connectivity index (χ3v) is 2.31. The molecule has 0 aliphatic rings. The van der Waals surface area contributed by atoms with Gasteiger partial charge in [-0.1, -0.05) is 13.8 Å². The molecule has 0 fully saturated rings. The molecule has 0 amide bonds. The first-order chi connectivity index (χ1) is 5.77. The van der Waals surface area contributed by atoms with E-state index in [9.17, 15) is 8.42 Å². The molecule has 0 rings (SSSR count). The summed E-state index contributed by atoms with van der Waals surface area (Å²) in [7, 11) is -3.59. The van der Waals surface area contributed by atoms with E-state index >= 15 is 0 Å². The van der Waals surface area contributed by atoms with Gasteiger partial charge in [0.1, 0.15) is 0 Å². The molecule has 6 heteroatoms. The number of nitrogens with one attached hydrogen (secondary N) is 1. The molecule has 0 heterocycles. The molecule has 0 aliphatic heterocycles. The highest BCUT2D eigenvalue weighted by Crippen LogP contribution is 2.20. The Bertz CT molecular complexity index is 236. The standard InChI is InChI=1S/C7H18N2O3S/c1-7(2,4-3-5-10)6-9-13(8,11)12/h9-10H,3-6H2,1-2H3,(H2,8,11,12). The average molecular weight is 210 g/mol. The van der Waals surface area contributed by atoms with Crippen LogP contribution in [0, 0.1) is 5.41 Å². The molecule has 5 nitrogen and oxygen atoms in total. The Hall–Kier alpha value is -0.170. The van der Waals surface area contributed by atoms with E-state index in [4.69, 9.17) is 10.2 Å². The third-order valence-electron chi connectivity index (χ3n) is 1.76. The average Bonchev–Trinajstić information content (AvgIpc) is 1.97. The van der Waals surface area contributed by atoms with Crippen molar-refractivity contribution in [2.45, 2.75) is 26.7 Å². The summed E-state index contributed by atoms with van der Waals surface area (Å²) in [5, 5.41) is 13.4. The largest absolute Gasteiger partial charge is 0.396 e. The van der Waals surface area contributed by atoms with E-state index in [-0.39, 0.29) is 12.0 Å². The monoisotopic (exact) mass is 210 g/mol. The lowest BCUT2D eigenvalue weighted by molar-refractivity contribution is 0.242. The maximum absolute atomic E-state index is 10.6. The van der Waals surface area contributed by atoms with Gasteiger partial charge >= 0.3 is 0 Å². The normalized spacial score (nSPS) is 13.2. The Kier molecular flexibility index (Phi) is 4.83. The summed E-state index contributed by atoms with van der Waals surface area (Å²) < 4.78 is 23.4. The number of rotatable bonds is 6. The van der Waals surface area contributed by atoms with Gasteiger partial charge in [0.25, 0.3) is 10.2 Å². The SMILES string of the molecule is CC(C)(CCCO)CNS(N)(=O)=O. The second-order valence-electron chi connectivity index (χ2n) is 3.86.